The fourth-order valence-corrected chi connectivity index (χ4v) is 4.13. The average molecular weight is 555 g/mol. The second kappa shape index (κ2) is 12.9. The molecule has 0 bridgehead atoms. The smallest absolute Gasteiger partial charge is 0.272 e. The summed E-state index contributed by atoms with van der Waals surface area (Å²) in [5, 5.41) is 6.19. The van der Waals surface area contributed by atoms with Crippen molar-refractivity contribution < 1.29 is 14.4 Å². The molecule has 0 aliphatic heterocycles. The van der Waals surface area contributed by atoms with Crippen LogP contribution in [-0.2, 0) is 4.79 Å². The zero-order valence-corrected chi connectivity index (χ0v) is 22.5. The Kier molecular flexibility index (Phi) is 9.10. The van der Waals surface area contributed by atoms with Crippen LogP contribution in [0.2, 0.25) is 10.0 Å². The molecule has 0 atom stereocenters. The second-order valence-corrected chi connectivity index (χ2v) is 9.47. The minimum atomic E-state index is -0.566. The van der Waals surface area contributed by atoms with Crippen molar-refractivity contribution in [2.24, 2.45) is 0 Å². The van der Waals surface area contributed by atoms with E-state index in [-0.39, 0.29) is 11.5 Å². The minimum Gasteiger partial charge on any atom is -0.321 e. The fourth-order valence-electron chi connectivity index (χ4n) is 3.67. The van der Waals surface area contributed by atoms with Gasteiger partial charge in [0.1, 0.15) is 5.70 Å². The Morgan fingerprint density at radius 2 is 1.44 bits per heavy atom. The number of nitrogens with one attached hydrogen (secondary N) is 2. The molecule has 0 fully saturated rings. The van der Waals surface area contributed by atoms with E-state index in [9.17, 15) is 14.4 Å². The van der Waals surface area contributed by atoms with Gasteiger partial charge in [-0.05, 0) is 84.3 Å². The van der Waals surface area contributed by atoms with E-state index >= 15 is 0 Å². The number of aryl methyl sites for hydroxylation is 1. The third-order valence-corrected chi connectivity index (χ3v) is 6.38. The van der Waals surface area contributed by atoms with Gasteiger partial charge >= 0.3 is 0 Å². The maximum Gasteiger partial charge on any atom is 0.272 e. The molecule has 0 saturated heterocycles. The van der Waals surface area contributed by atoms with Crippen LogP contribution in [-0.4, -0.2) is 17.6 Å². The SMILES string of the molecule is Cc1ccccc1/C=C/C(=O)c1ccc(NC(=O)/C(=C/c2ccc(Cl)cc2Cl)NC(=O)c2ccccc2)cc1. The lowest BCUT2D eigenvalue weighted by molar-refractivity contribution is -0.113. The maximum atomic E-state index is 13.2. The van der Waals surface area contributed by atoms with Gasteiger partial charge in [0.05, 0.1) is 0 Å². The van der Waals surface area contributed by atoms with E-state index in [1.165, 1.54) is 12.2 Å². The van der Waals surface area contributed by atoms with Gasteiger partial charge < -0.3 is 10.6 Å². The molecule has 4 rings (SSSR count). The number of hydrogen-bond acceptors (Lipinski definition) is 3. The Morgan fingerprint density at radius 3 is 2.13 bits per heavy atom. The molecule has 0 aliphatic rings. The van der Waals surface area contributed by atoms with Gasteiger partial charge in [-0.2, -0.15) is 0 Å². The van der Waals surface area contributed by atoms with Crippen molar-refractivity contribution in [3.63, 3.8) is 0 Å². The number of ketones is 1. The van der Waals surface area contributed by atoms with Gasteiger partial charge in [-0.25, -0.2) is 0 Å². The first-order valence-corrected chi connectivity index (χ1v) is 12.8. The number of carbonyl (C=O) groups is 3. The normalized spacial score (nSPS) is 11.3. The van der Waals surface area contributed by atoms with Crippen LogP contribution in [0.3, 0.4) is 0 Å². The first-order valence-electron chi connectivity index (χ1n) is 12.0. The van der Waals surface area contributed by atoms with E-state index < -0.39 is 11.8 Å². The van der Waals surface area contributed by atoms with E-state index in [2.05, 4.69) is 10.6 Å². The van der Waals surface area contributed by atoms with E-state index in [1.807, 2.05) is 31.2 Å². The highest BCUT2D eigenvalue weighted by Crippen LogP contribution is 2.23. The molecule has 0 spiro atoms. The third kappa shape index (κ3) is 7.54. The zero-order valence-electron chi connectivity index (χ0n) is 21.0. The summed E-state index contributed by atoms with van der Waals surface area (Å²) >= 11 is 12.3. The Bertz CT molecular complexity index is 1580. The number of halogens is 2. The van der Waals surface area contributed by atoms with Crippen LogP contribution < -0.4 is 10.6 Å². The van der Waals surface area contributed by atoms with E-state index in [4.69, 9.17) is 23.2 Å². The summed E-state index contributed by atoms with van der Waals surface area (Å²) < 4.78 is 0. The fraction of sp³-hybridized carbons (Fsp3) is 0.0312. The van der Waals surface area contributed by atoms with Crippen LogP contribution in [0, 0.1) is 6.92 Å². The molecule has 0 unspecified atom stereocenters. The van der Waals surface area contributed by atoms with Crippen molar-refractivity contribution >= 4 is 58.6 Å². The highest BCUT2D eigenvalue weighted by Gasteiger charge is 2.16. The number of carbonyl (C=O) groups excluding carboxylic acids is 3. The summed E-state index contributed by atoms with van der Waals surface area (Å²) in [6.07, 6.45) is 4.77. The summed E-state index contributed by atoms with van der Waals surface area (Å²) in [5.74, 6) is -1.18. The summed E-state index contributed by atoms with van der Waals surface area (Å²) in [5.41, 5.74) is 3.82. The van der Waals surface area contributed by atoms with Crippen molar-refractivity contribution in [2.45, 2.75) is 6.92 Å². The quantitative estimate of drug-likeness (QED) is 0.174. The van der Waals surface area contributed by atoms with Crippen LogP contribution in [0.15, 0.2) is 109 Å². The summed E-state index contributed by atoms with van der Waals surface area (Å²) in [4.78, 5) is 38.7. The van der Waals surface area contributed by atoms with E-state index in [0.29, 0.717) is 32.4 Å². The number of anilines is 1. The predicted octanol–water partition coefficient (Wildman–Crippen LogP) is 7.61. The maximum absolute atomic E-state index is 13.2. The molecular formula is C32H24Cl2N2O3. The highest BCUT2D eigenvalue weighted by molar-refractivity contribution is 6.35. The molecular weight excluding hydrogens is 531 g/mol. The molecule has 0 radical (unpaired) electrons. The van der Waals surface area contributed by atoms with Gasteiger partial charge in [0.15, 0.2) is 5.78 Å². The number of allylic oxidation sites excluding steroid dienone is 1. The van der Waals surface area contributed by atoms with E-state index in [0.717, 1.165) is 11.1 Å². The summed E-state index contributed by atoms with van der Waals surface area (Å²) in [7, 11) is 0. The lowest BCUT2D eigenvalue weighted by Gasteiger charge is -2.12. The van der Waals surface area contributed by atoms with Gasteiger partial charge in [0, 0.05) is 26.9 Å². The van der Waals surface area contributed by atoms with Crippen LogP contribution in [0.5, 0.6) is 0 Å². The largest absolute Gasteiger partial charge is 0.321 e. The molecule has 0 aliphatic carbocycles. The average Bonchev–Trinajstić information content (AvgIpc) is 2.94. The molecule has 39 heavy (non-hydrogen) atoms. The molecule has 2 N–H and O–H groups in total. The molecule has 5 nitrogen and oxygen atoms in total. The molecule has 0 heterocycles. The molecule has 2 amide bonds. The lowest BCUT2D eigenvalue weighted by Crippen LogP contribution is -2.30. The number of benzene rings is 4. The van der Waals surface area contributed by atoms with Crippen molar-refractivity contribution in [2.75, 3.05) is 5.32 Å². The van der Waals surface area contributed by atoms with Crippen LogP contribution in [0.25, 0.3) is 12.2 Å². The standard InChI is InChI=1S/C32H24Cl2N2O3/c1-21-7-5-6-8-22(21)14-18-30(37)23-12-16-27(17-13-23)35-32(39)29(19-25-11-15-26(33)20-28(25)34)36-31(38)24-9-3-2-4-10-24/h2-20H,1H3,(H,35,39)(H,36,38)/b18-14+,29-19-. The summed E-state index contributed by atoms with van der Waals surface area (Å²) in [6.45, 7) is 1.98. The molecule has 4 aromatic carbocycles. The minimum absolute atomic E-state index is 0.0191. The molecule has 0 aromatic heterocycles. The van der Waals surface area contributed by atoms with E-state index in [1.54, 1.807) is 78.9 Å². The van der Waals surface area contributed by atoms with Gasteiger partial charge in [-0.15, -0.1) is 0 Å². The van der Waals surface area contributed by atoms with Gasteiger partial charge in [0.25, 0.3) is 11.8 Å². The van der Waals surface area contributed by atoms with Crippen molar-refractivity contribution in [1.82, 2.24) is 5.32 Å². The van der Waals surface area contributed by atoms with Crippen molar-refractivity contribution in [3.05, 3.63) is 147 Å². The number of rotatable bonds is 8. The Hall–Kier alpha value is -4.45. The second-order valence-electron chi connectivity index (χ2n) is 8.63. The van der Waals surface area contributed by atoms with Gasteiger partial charge in [0.2, 0.25) is 0 Å². The Morgan fingerprint density at radius 1 is 0.744 bits per heavy atom. The van der Waals surface area contributed by atoms with Gasteiger partial charge in [-0.3, -0.25) is 14.4 Å². The Balaban J connectivity index is 1.52. The van der Waals surface area contributed by atoms with Crippen molar-refractivity contribution in [1.29, 1.82) is 0 Å². The highest BCUT2D eigenvalue weighted by atomic mass is 35.5. The predicted molar refractivity (Wildman–Crippen MR) is 158 cm³/mol. The van der Waals surface area contributed by atoms with Crippen LogP contribution >= 0.6 is 23.2 Å². The van der Waals surface area contributed by atoms with Crippen LogP contribution in [0.4, 0.5) is 5.69 Å². The first kappa shape index (κ1) is 27.6. The topological polar surface area (TPSA) is 75.3 Å². The van der Waals surface area contributed by atoms with Crippen LogP contribution in [0.1, 0.15) is 37.4 Å². The Labute approximate surface area is 236 Å². The molecule has 0 saturated carbocycles. The zero-order chi connectivity index (χ0) is 27.8. The molecule has 4 aromatic rings. The van der Waals surface area contributed by atoms with Gasteiger partial charge in [-0.1, -0.05) is 77.8 Å². The van der Waals surface area contributed by atoms with Crippen molar-refractivity contribution in [3.8, 4) is 0 Å². The third-order valence-electron chi connectivity index (χ3n) is 5.82. The molecule has 194 valence electrons. The summed E-state index contributed by atoms with van der Waals surface area (Å²) in [6, 6.07) is 27.7. The first-order chi connectivity index (χ1) is 18.8. The lowest BCUT2D eigenvalue weighted by atomic mass is 10.1. The molecule has 7 heteroatoms. The monoisotopic (exact) mass is 554 g/mol. The number of amides is 2. The number of hydrogen-bond donors (Lipinski definition) is 2.